The molecule has 5 nitrogen and oxygen atoms in total. The molecule has 0 aliphatic rings. The molecule has 0 unspecified atom stereocenters. The number of aryl methyl sites for hydroxylation is 1. The van der Waals surface area contributed by atoms with Crippen molar-refractivity contribution in [3.63, 3.8) is 0 Å². The number of benzene rings is 1. The average molecular weight is 773 g/mol. The Balaban J connectivity index is 2.29. The fraction of sp³-hybridized carbons (Fsp3) is 0.667. The first-order valence-corrected chi connectivity index (χ1v) is 15.1. The Morgan fingerprint density at radius 2 is 0.980 bits per heavy atom. The number of unbranched alkanes of at least 4 members (excludes halogenated alkanes) is 4. The van der Waals surface area contributed by atoms with Gasteiger partial charge >= 0.3 is 47.8 Å². The van der Waals surface area contributed by atoms with E-state index in [0.717, 1.165) is 37.8 Å². The normalized spacial score (nSPS) is 14.2. The predicted molar refractivity (Wildman–Crippen MR) is 147 cm³/mol. The number of nitrogens with zero attached hydrogens (tertiary/aromatic N) is 2. The van der Waals surface area contributed by atoms with Gasteiger partial charge in [-0.3, -0.25) is 0 Å². The predicted octanol–water partition coefficient (Wildman–Crippen LogP) is 10.5. The van der Waals surface area contributed by atoms with E-state index in [0.29, 0.717) is 30.5 Å². The van der Waals surface area contributed by atoms with Crippen molar-refractivity contribution in [2.45, 2.75) is 107 Å². The maximum absolute atomic E-state index is 14.3. The molecule has 0 aliphatic carbocycles. The molecule has 0 fully saturated rings. The van der Waals surface area contributed by atoms with Gasteiger partial charge in [0.1, 0.15) is 5.75 Å². The van der Waals surface area contributed by atoms with Crippen molar-refractivity contribution < 1.29 is 84.5 Å². The second-order valence-electron chi connectivity index (χ2n) is 11.1. The molecule has 21 heteroatoms. The number of halogens is 16. The van der Waals surface area contributed by atoms with E-state index in [9.17, 15) is 70.2 Å². The van der Waals surface area contributed by atoms with Crippen molar-refractivity contribution >= 4 is 0 Å². The van der Waals surface area contributed by atoms with Gasteiger partial charge in [-0.2, -0.15) is 70.2 Å². The highest BCUT2D eigenvalue weighted by Gasteiger charge is 2.95. The van der Waals surface area contributed by atoms with Gasteiger partial charge in [-0.1, -0.05) is 39.5 Å². The number of alkyl halides is 16. The molecule has 0 saturated carbocycles. The number of ether oxygens (including phenoxy) is 3. The summed E-state index contributed by atoms with van der Waals surface area (Å²) < 4.78 is 238. The minimum atomic E-state index is -8.59. The van der Waals surface area contributed by atoms with Crippen molar-refractivity contribution in [3.8, 4) is 17.1 Å². The lowest BCUT2D eigenvalue weighted by molar-refractivity contribution is -0.480. The number of hydrogen-bond acceptors (Lipinski definition) is 5. The molecular formula is C30H32F16N2O3. The van der Waals surface area contributed by atoms with Gasteiger partial charge in [0.05, 0.1) is 13.2 Å². The minimum Gasteiger partial charge on any atom is -0.428 e. The first-order chi connectivity index (χ1) is 23.3. The van der Waals surface area contributed by atoms with Gasteiger partial charge in [-0.25, -0.2) is 9.97 Å². The highest BCUT2D eigenvalue weighted by Crippen LogP contribution is 2.64. The van der Waals surface area contributed by atoms with Crippen LogP contribution in [0, 0.1) is 0 Å². The van der Waals surface area contributed by atoms with Crippen LogP contribution in [0.3, 0.4) is 0 Å². The van der Waals surface area contributed by atoms with Gasteiger partial charge in [0.2, 0.25) is 0 Å². The zero-order valence-corrected chi connectivity index (χ0v) is 26.7. The molecule has 51 heavy (non-hydrogen) atoms. The smallest absolute Gasteiger partial charge is 0.428 e. The van der Waals surface area contributed by atoms with Crippen LogP contribution in [0.15, 0.2) is 36.7 Å². The van der Waals surface area contributed by atoms with Gasteiger partial charge in [0.15, 0.2) is 5.82 Å². The molecule has 0 spiro atoms. The van der Waals surface area contributed by atoms with Gasteiger partial charge in [0, 0.05) is 24.6 Å². The quantitative estimate of drug-likeness (QED) is 0.0881. The Kier molecular flexibility index (Phi) is 14.1. The Morgan fingerprint density at radius 1 is 0.510 bits per heavy atom. The third kappa shape index (κ3) is 8.76. The molecule has 0 saturated heterocycles. The molecular weight excluding hydrogens is 740 g/mol. The standard InChI is InChI=1S/C30H32F16N2O3/c1-3-5-7-8-9-19-17-47-22(48-18-19)20-10-12-21(13-11-20)51-30(45,46)28(41,42)26(37,38)24(33,34)23(31,32)25(35,36)27(39,40)29(43,44)50-16-15-49-14-6-4-2/h10-13,17-18H,3-9,14-16H2,1-2H3. The molecule has 0 radical (unpaired) electrons. The monoisotopic (exact) mass is 772 g/mol. The lowest BCUT2D eigenvalue weighted by atomic mass is 9.90. The van der Waals surface area contributed by atoms with Crippen LogP contribution in [-0.2, 0) is 15.9 Å². The van der Waals surface area contributed by atoms with Crippen LogP contribution in [0.25, 0.3) is 11.4 Å². The second kappa shape index (κ2) is 16.3. The maximum atomic E-state index is 14.3. The summed E-state index contributed by atoms with van der Waals surface area (Å²) in [7, 11) is 0. The first-order valence-electron chi connectivity index (χ1n) is 15.1. The summed E-state index contributed by atoms with van der Waals surface area (Å²) in [6, 6.07) is 2.33. The molecule has 0 N–H and O–H groups in total. The largest absolute Gasteiger partial charge is 0.471 e. The molecule has 0 aliphatic heterocycles. The van der Waals surface area contributed by atoms with Crippen LogP contribution in [0.2, 0.25) is 0 Å². The summed E-state index contributed by atoms with van der Waals surface area (Å²) in [5, 5.41) is 0. The topological polar surface area (TPSA) is 53.5 Å². The summed E-state index contributed by atoms with van der Waals surface area (Å²) in [6.07, 6.45) is -5.92. The number of rotatable bonds is 22. The van der Waals surface area contributed by atoms with E-state index in [4.69, 9.17) is 0 Å². The number of hydrogen-bond donors (Lipinski definition) is 0. The van der Waals surface area contributed by atoms with Crippen LogP contribution in [0.4, 0.5) is 70.2 Å². The fourth-order valence-electron chi connectivity index (χ4n) is 4.10. The summed E-state index contributed by atoms with van der Waals surface area (Å²) >= 11 is 0. The molecule has 0 atom stereocenters. The number of aromatic nitrogens is 2. The van der Waals surface area contributed by atoms with E-state index >= 15 is 0 Å². The molecule has 2 rings (SSSR count). The lowest BCUT2D eigenvalue weighted by Gasteiger charge is -2.43. The molecule has 2 aromatic rings. The van der Waals surface area contributed by atoms with Crippen molar-refractivity contribution in [2.24, 2.45) is 0 Å². The molecule has 1 aromatic heterocycles. The molecule has 1 aromatic carbocycles. The zero-order chi connectivity index (χ0) is 39.2. The first kappa shape index (κ1) is 44.1. The zero-order valence-electron chi connectivity index (χ0n) is 26.7. The maximum Gasteiger partial charge on any atom is 0.471 e. The third-order valence-electron chi connectivity index (χ3n) is 7.24. The van der Waals surface area contributed by atoms with Crippen LogP contribution in [-0.4, -0.2) is 77.5 Å². The SMILES string of the molecule is CCCCCCc1cnc(-c2ccc(OC(F)(F)C(F)(F)C(F)(F)C(F)(F)C(F)(F)C(F)(F)C(F)(F)C(F)(F)OCCOCCCC)cc2)nc1. The molecule has 0 bridgehead atoms. The second-order valence-corrected chi connectivity index (χ2v) is 11.1. The van der Waals surface area contributed by atoms with E-state index < -0.39 is 66.7 Å². The van der Waals surface area contributed by atoms with Crippen molar-refractivity contribution in [2.75, 3.05) is 19.8 Å². The Bertz CT molecular complexity index is 1370. The summed E-state index contributed by atoms with van der Waals surface area (Å²) in [5.41, 5.74) is 0.700. The van der Waals surface area contributed by atoms with Gasteiger partial charge in [0.25, 0.3) is 0 Å². The van der Waals surface area contributed by atoms with Crippen molar-refractivity contribution in [1.82, 2.24) is 9.97 Å². The van der Waals surface area contributed by atoms with E-state index in [-0.39, 0.29) is 24.4 Å². The van der Waals surface area contributed by atoms with Crippen LogP contribution in [0.5, 0.6) is 5.75 Å². The summed E-state index contributed by atoms with van der Waals surface area (Å²) in [6.45, 7) is 0.583. The van der Waals surface area contributed by atoms with Crippen molar-refractivity contribution in [3.05, 3.63) is 42.2 Å². The van der Waals surface area contributed by atoms with Gasteiger partial charge in [-0.05, 0) is 49.1 Å². The Hall–Kier alpha value is -3.10. The highest BCUT2D eigenvalue weighted by atomic mass is 19.4. The average Bonchev–Trinajstić information content (AvgIpc) is 3.04. The fourth-order valence-corrected chi connectivity index (χ4v) is 4.10. The van der Waals surface area contributed by atoms with E-state index in [1.54, 1.807) is 6.92 Å². The minimum absolute atomic E-state index is 0.0144. The Morgan fingerprint density at radius 3 is 1.47 bits per heavy atom. The summed E-state index contributed by atoms with van der Waals surface area (Å²) in [5.74, 6) is -51.2. The highest BCUT2D eigenvalue weighted by molar-refractivity contribution is 5.56. The van der Waals surface area contributed by atoms with Crippen molar-refractivity contribution in [1.29, 1.82) is 0 Å². The van der Waals surface area contributed by atoms with E-state index in [2.05, 4.69) is 24.2 Å². The molecule has 292 valence electrons. The van der Waals surface area contributed by atoms with Crippen LogP contribution >= 0.6 is 0 Å². The van der Waals surface area contributed by atoms with Crippen LogP contribution in [0.1, 0.15) is 57.9 Å². The third-order valence-corrected chi connectivity index (χ3v) is 7.24. The lowest BCUT2D eigenvalue weighted by Crippen LogP contribution is -2.75. The molecule has 1 heterocycles. The van der Waals surface area contributed by atoms with E-state index in [1.165, 1.54) is 12.4 Å². The van der Waals surface area contributed by atoms with Gasteiger partial charge in [-0.15, -0.1) is 0 Å². The summed E-state index contributed by atoms with van der Waals surface area (Å²) in [4.78, 5) is 8.01. The van der Waals surface area contributed by atoms with E-state index in [1.807, 2.05) is 6.92 Å². The Labute approximate surface area is 280 Å². The van der Waals surface area contributed by atoms with Gasteiger partial charge < -0.3 is 14.2 Å². The van der Waals surface area contributed by atoms with Crippen LogP contribution < -0.4 is 4.74 Å². The molecule has 0 amide bonds.